The van der Waals surface area contributed by atoms with Crippen LogP contribution in [0.2, 0.25) is 5.02 Å². The van der Waals surface area contributed by atoms with Crippen molar-refractivity contribution in [3.05, 3.63) is 75.0 Å². The molecule has 5 heteroatoms. The standard InChI is InChI=1S/C19H12BrClFNO/c20-14-8-13-12(18-15(21)6-3-7-16(18)22)9-17(24)23-19(13)11-5-2-1-4-10(11)14/h1-8,12H,9H2,(H,23,24)/t12-/m0/s1. The van der Waals surface area contributed by atoms with Gasteiger partial charge in [-0.15, -0.1) is 0 Å². The van der Waals surface area contributed by atoms with E-state index in [0.29, 0.717) is 10.6 Å². The van der Waals surface area contributed by atoms with Gasteiger partial charge in [-0.05, 0) is 29.1 Å². The number of nitrogens with one attached hydrogen (secondary N) is 1. The fraction of sp³-hybridized carbons (Fsp3) is 0.105. The van der Waals surface area contributed by atoms with Crippen LogP contribution < -0.4 is 5.32 Å². The third kappa shape index (κ3) is 2.41. The van der Waals surface area contributed by atoms with Crippen LogP contribution in [-0.2, 0) is 4.79 Å². The van der Waals surface area contributed by atoms with E-state index in [2.05, 4.69) is 21.2 Å². The highest BCUT2D eigenvalue weighted by Crippen LogP contribution is 2.45. The number of fused-ring (bicyclic) bond motifs is 3. The zero-order valence-electron chi connectivity index (χ0n) is 12.4. The average molecular weight is 405 g/mol. The lowest BCUT2D eigenvalue weighted by molar-refractivity contribution is -0.116. The van der Waals surface area contributed by atoms with Crippen LogP contribution in [0.5, 0.6) is 0 Å². The number of rotatable bonds is 1. The molecule has 1 aliphatic heterocycles. The van der Waals surface area contributed by atoms with Crippen molar-refractivity contribution in [1.29, 1.82) is 0 Å². The van der Waals surface area contributed by atoms with Crippen molar-refractivity contribution < 1.29 is 9.18 Å². The molecule has 0 aromatic heterocycles. The lowest BCUT2D eigenvalue weighted by Crippen LogP contribution is -2.24. The van der Waals surface area contributed by atoms with Gasteiger partial charge in [-0.25, -0.2) is 4.39 Å². The van der Waals surface area contributed by atoms with E-state index in [1.54, 1.807) is 12.1 Å². The molecule has 0 spiro atoms. The fourth-order valence-electron chi connectivity index (χ4n) is 3.35. The largest absolute Gasteiger partial charge is 0.325 e. The van der Waals surface area contributed by atoms with E-state index < -0.39 is 11.7 Å². The van der Waals surface area contributed by atoms with Gasteiger partial charge in [0.25, 0.3) is 0 Å². The smallest absolute Gasteiger partial charge is 0.225 e. The summed E-state index contributed by atoms with van der Waals surface area (Å²) >= 11 is 9.84. The third-order valence-corrected chi connectivity index (χ3v) is 5.39. The van der Waals surface area contributed by atoms with Gasteiger partial charge in [0, 0.05) is 32.8 Å². The summed E-state index contributed by atoms with van der Waals surface area (Å²) in [5.41, 5.74) is 1.97. The Kier molecular flexibility index (Phi) is 3.82. The third-order valence-electron chi connectivity index (χ3n) is 4.40. The Morgan fingerprint density at radius 2 is 1.88 bits per heavy atom. The van der Waals surface area contributed by atoms with Crippen molar-refractivity contribution in [1.82, 2.24) is 0 Å². The van der Waals surface area contributed by atoms with E-state index in [4.69, 9.17) is 11.6 Å². The summed E-state index contributed by atoms with van der Waals surface area (Å²) in [6, 6.07) is 14.3. The molecule has 0 radical (unpaired) electrons. The van der Waals surface area contributed by atoms with E-state index in [0.717, 1.165) is 26.5 Å². The van der Waals surface area contributed by atoms with Crippen molar-refractivity contribution in [2.45, 2.75) is 12.3 Å². The topological polar surface area (TPSA) is 29.1 Å². The second kappa shape index (κ2) is 5.87. The van der Waals surface area contributed by atoms with E-state index in [9.17, 15) is 9.18 Å². The lowest BCUT2D eigenvalue weighted by atomic mass is 9.83. The zero-order chi connectivity index (χ0) is 16.8. The maximum Gasteiger partial charge on any atom is 0.225 e. The van der Waals surface area contributed by atoms with E-state index in [-0.39, 0.29) is 12.3 Å². The molecular formula is C19H12BrClFNO. The molecule has 4 rings (SSSR count). The molecule has 0 saturated carbocycles. The Morgan fingerprint density at radius 1 is 1.12 bits per heavy atom. The van der Waals surface area contributed by atoms with Crippen LogP contribution in [0.15, 0.2) is 53.0 Å². The summed E-state index contributed by atoms with van der Waals surface area (Å²) < 4.78 is 15.4. The van der Waals surface area contributed by atoms with Gasteiger partial charge in [0.1, 0.15) is 5.82 Å². The van der Waals surface area contributed by atoms with Crippen molar-refractivity contribution >= 4 is 49.9 Å². The monoisotopic (exact) mass is 403 g/mol. The number of hydrogen-bond donors (Lipinski definition) is 1. The maximum absolute atomic E-state index is 14.4. The highest BCUT2D eigenvalue weighted by molar-refractivity contribution is 9.10. The summed E-state index contributed by atoms with van der Waals surface area (Å²) in [5.74, 6) is -0.944. The fourth-order valence-corrected chi connectivity index (χ4v) is 4.24. The van der Waals surface area contributed by atoms with Gasteiger partial charge in [-0.2, -0.15) is 0 Å². The van der Waals surface area contributed by atoms with E-state index in [1.807, 2.05) is 30.3 Å². The SMILES string of the molecule is O=C1C[C@H](c2c(F)cccc2Cl)c2cc(Br)c3ccccc3c2N1. The summed E-state index contributed by atoms with van der Waals surface area (Å²) in [6.07, 6.45) is 0.165. The first-order valence-corrected chi connectivity index (χ1v) is 8.68. The highest BCUT2D eigenvalue weighted by atomic mass is 79.9. The Bertz CT molecular complexity index is 968. The minimum atomic E-state index is -0.414. The number of hydrogen-bond acceptors (Lipinski definition) is 1. The zero-order valence-corrected chi connectivity index (χ0v) is 14.8. The lowest BCUT2D eigenvalue weighted by Gasteiger charge is -2.28. The van der Waals surface area contributed by atoms with Crippen LogP contribution in [0.25, 0.3) is 10.8 Å². The molecule has 0 aliphatic carbocycles. The van der Waals surface area contributed by atoms with Gasteiger partial charge in [-0.3, -0.25) is 4.79 Å². The predicted octanol–water partition coefficient (Wildman–Crippen LogP) is 5.87. The van der Waals surface area contributed by atoms with E-state index >= 15 is 0 Å². The molecule has 0 unspecified atom stereocenters. The Morgan fingerprint density at radius 3 is 2.62 bits per heavy atom. The van der Waals surface area contributed by atoms with Crippen LogP contribution in [0, 0.1) is 5.82 Å². The van der Waals surface area contributed by atoms with Gasteiger partial charge >= 0.3 is 0 Å². The second-order valence-electron chi connectivity index (χ2n) is 5.81. The number of benzene rings is 3. The molecule has 1 aliphatic rings. The molecule has 0 saturated heterocycles. The van der Waals surface area contributed by atoms with Gasteiger partial charge in [0.2, 0.25) is 5.91 Å². The molecule has 3 aromatic carbocycles. The summed E-state index contributed by atoms with van der Waals surface area (Å²) in [5, 5.41) is 5.20. The normalized spacial score (nSPS) is 16.8. The molecular weight excluding hydrogens is 393 g/mol. The molecule has 0 bridgehead atoms. The quantitative estimate of drug-likeness (QED) is 0.540. The molecule has 0 fully saturated rings. The molecule has 3 aromatic rings. The summed E-state index contributed by atoms with van der Waals surface area (Å²) in [4.78, 5) is 12.3. The minimum Gasteiger partial charge on any atom is -0.325 e. The van der Waals surface area contributed by atoms with Crippen molar-refractivity contribution in [3.63, 3.8) is 0 Å². The van der Waals surface area contributed by atoms with Crippen molar-refractivity contribution in [2.75, 3.05) is 5.32 Å². The van der Waals surface area contributed by atoms with Crippen LogP contribution >= 0.6 is 27.5 Å². The number of carbonyl (C=O) groups excluding carboxylic acids is 1. The van der Waals surface area contributed by atoms with Gasteiger partial charge in [-0.1, -0.05) is 57.9 Å². The Hall–Kier alpha value is -1.91. The molecule has 1 amide bonds. The molecule has 1 heterocycles. The Balaban J connectivity index is 2.03. The number of amides is 1. The number of carbonyl (C=O) groups is 1. The van der Waals surface area contributed by atoms with Gasteiger partial charge < -0.3 is 5.32 Å². The maximum atomic E-state index is 14.4. The van der Waals surface area contributed by atoms with Gasteiger partial charge in [0.15, 0.2) is 0 Å². The van der Waals surface area contributed by atoms with Crippen LogP contribution in [0.3, 0.4) is 0 Å². The molecule has 24 heavy (non-hydrogen) atoms. The van der Waals surface area contributed by atoms with Gasteiger partial charge in [0.05, 0.1) is 5.69 Å². The summed E-state index contributed by atoms with van der Waals surface area (Å²) in [7, 11) is 0. The number of halogens is 3. The molecule has 1 atom stereocenters. The molecule has 2 nitrogen and oxygen atoms in total. The predicted molar refractivity (Wildman–Crippen MR) is 98.1 cm³/mol. The van der Waals surface area contributed by atoms with E-state index in [1.165, 1.54) is 6.07 Å². The minimum absolute atomic E-state index is 0.140. The van der Waals surface area contributed by atoms with Crippen LogP contribution in [0.4, 0.5) is 10.1 Å². The van der Waals surface area contributed by atoms with Crippen LogP contribution in [-0.4, -0.2) is 5.91 Å². The van der Waals surface area contributed by atoms with Crippen molar-refractivity contribution in [2.24, 2.45) is 0 Å². The van der Waals surface area contributed by atoms with Crippen LogP contribution in [0.1, 0.15) is 23.5 Å². The molecule has 1 N–H and O–H groups in total. The first kappa shape index (κ1) is 15.6. The first-order chi connectivity index (χ1) is 11.6. The van der Waals surface area contributed by atoms with Crippen molar-refractivity contribution in [3.8, 4) is 0 Å². The summed E-state index contributed by atoms with van der Waals surface area (Å²) in [6.45, 7) is 0. The first-order valence-electron chi connectivity index (χ1n) is 7.51. The Labute approximate surface area is 151 Å². The second-order valence-corrected chi connectivity index (χ2v) is 7.07. The average Bonchev–Trinajstić information content (AvgIpc) is 2.56. The number of anilines is 1. The molecule has 120 valence electrons. The highest BCUT2D eigenvalue weighted by Gasteiger charge is 2.31.